The summed E-state index contributed by atoms with van der Waals surface area (Å²) in [5, 5.41) is 8.73. The van der Waals surface area contributed by atoms with Crippen molar-refractivity contribution in [1.82, 2.24) is 25.8 Å². The molecule has 0 aromatic rings. The van der Waals surface area contributed by atoms with Crippen molar-refractivity contribution in [1.29, 1.82) is 0 Å². The summed E-state index contributed by atoms with van der Waals surface area (Å²) in [7, 11) is 0. The van der Waals surface area contributed by atoms with Crippen molar-refractivity contribution in [2.45, 2.75) is 96.4 Å². The van der Waals surface area contributed by atoms with Crippen molar-refractivity contribution in [3.8, 4) is 0 Å². The van der Waals surface area contributed by atoms with Crippen LogP contribution in [0.3, 0.4) is 0 Å². The number of thiocarbonyl (C=S) groups is 1. The Balaban J connectivity index is 0.000000264. The van der Waals surface area contributed by atoms with Crippen molar-refractivity contribution in [3.63, 3.8) is 0 Å². The van der Waals surface area contributed by atoms with Gasteiger partial charge in [-0.3, -0.25) is 14.6 Å². The van der Waals surface area contributed by atoms with Crippen LogP contribution >= 0.6 is 34.8 Å². The molecule has 0 bridgehead atoms. The number of hydrogen-bond donors (Lipinski definition) is 3. The highest BCUT2D eigenvalue weighted by atomic mass is 127. The van der Waals surface area contributed by atoms with E-state index in [2.05, 4.69) is 43.5 Å². The zero-order valence-corrected chi connectivity index (χ0v) is 27.7. The van der Waals surface area contributed by atoms with Crippen LogP contribution in [-0.2, 0) is 19.1 Å². The average molecular weight is 695 g/mol. The first kappa shape index (κ1) is 34.0. The fraction of sp³-hybridized carbons (Fsp3) is 0.769. The van der Waals surface area contributed by atoms with E-state index in [0.717, 1.165) is 0 Å². The number of alkyl halides is 1. The molecule has 40 heavy (non-hydrogen) atoms. The van der Waals surface area contributed by atoms with Gasteiger partial charge in [0, 0.05) is 26.2 Å². The van der Waals surface area contributed by atoms with Gasteiger partial charge in [0.15, 0.2) is 5.11 Å². The molecule has 4 aliphatic heterocycles. The van der Waals surface area contributed by atoms with E-state index >= 15 is 0 Å². The Hall–Kier alpha value is -2.23. The number of carbonyl (C=O) groups is 4. The number of ether oxygens (including phenoxy) is 2. The summed E-state index contributed by atoms with van der Waals surface area (Å²) in [6, 6.07) is 0. The Morgan fingerprint density at radius 2 is 1.25 bits per heavy atom. The molecule has 3 N–H and O–H groups in total. The zero-order valence-electron chi connectivity index (χ0n) is 24.7. The molecule has 0 saturated carbocycles. The summed E-state index contributed by atoms with van der Waals surface area (Å²) in [5.74, 6) is 0.519. The number of hydrogen-bond acceptors (Lipinski definition) is 8. The van der Waals surface area contributed by atoms with Crippen LogP contribution in [0.15, 0.2) is 4.99 Å². The number of piperidine rings is 2. The molecule has 0 atom stereocenters. The molecule has 0 aromatic carbocycles. The Bertz CT molecular complexity index is 1020. The van der Waals surface area contributed by atoms with Gasteiger partial charge in [0.25, 0.3) is 11.8 Å². The monoisotopic (exact) mass is 694 g/mol. The summed E-state index contributed by atoms with van der Waals surface area (Å²) in [6.45, 7) is 14.8. The number of amidine groups is 1. The average Bonchev–Trinajstić information content (AvgIpc) is 3.26. The maximum Gasteiger partial charge on any atom is 0.410 e. The Morgan fingerprint density at radius 1 is 0.825 bits per heavy atom. The number of likely N-dealkylation sites (tertiary alicyclic amines) is 2. The van der Waals surface area contributed by atoms with Crippen molar-refractivity contribution in [3.05, 3.63) is 0 Å². The van der Waals surface area contributed by atoms with Crippen LogP contribution in [0.1, 0.15) is 74.1 Å². The molecule has 3 fully saturated rings. The highest BCUT2D eigenvalue weighted by Gasteiger charge is 2.48. The second kappa shape index (κ2) is 13.2. The first-order valence-corrected chi connectivity index (χ1v) is 15.9. The van der Waals surface area contributed by atoms with Crippen LogP contribution in [0.2, 0.25) is 0 Å². The summed E-state index contributed by atoms with van der Waals surface area (Å²) in [6.07, 6.45) is 1.53. The highest BCUT2D eigenvalue weighted by molar-refractivity contribution is 14.1. The first-order valence-electron chi connectivity index (χ1n) is 13.3. The summed E-state index contributed by atoms with van der Waals surface area (Å²) in [4.78, 5) is 57.3. The molecule has 12 nitrogen and oxygen atoms in total. The molecular formula is C26H43IN6O6S. The van der Waals surface area contributed by atoms with Crippen molar-refractivity contribution < 1.29 is 28.7 Å². The fourth-order valence-electron chi connectivity index (χ4n) is 4.68. The number of rotatable bonds is 0. The third kappa shape index (κ3) is 8.88. The summed E-state index contributed by atoms with van der Waals surface area (Å²) < 4.78 is 10.6. The van der Waals surface area contributed by atoms with E-state index in [9.17, 15) is 19.2 Å². The Morgan fingerprint density at radius 3 is 1.57 bits per heavy atom. The van der Waals surface area contributed by atoms with Crippen LogP contribution < -0.4 is 16.0 Å². The minimum atomic E-state index is -0.664. The molecule has 0 unspecified atom stereocenters. The quantitative estimate of drug-likeness (QED) is 0.200. The van der Waals surface area contributed by atoms with Crippen molar-refractivity contribution in [2.75, 3.05) is 31.1 Å². The van der Waals surface area contributed by atoms with E-state index in [1.807, 2.05) is 46.5 Å². The van der Waals surface area contributed by atoms with E-state index in [1.165, 1.54) is 0 Å². The number of nitrogens with zero attached hydrogens (tertiary/aromatic N) is 3. The molecule has 2 spiro atoms. The lowest BCUT2D eigenvalue weighted by Gasteiger charge is -2.37. The highest BCUT2D eigenvalue weighted by Crippen LogP contribution is 2.30. The molecule has 0 aromatic heterocycles. The van der Waals surface area contributed by atoms with E-state index in [4.69, 9.17) is 21.7 Å². The van der Waals surface area contributed by atoms with E-state index in [-0.39, 0.29) is 24.0 Å². The zero-order chi connectivity index (χ0) is 30.5. The minimum Gasteiger partial charge on any atom is -0.444 e. The molecule has 4 rings (SSSR count). The summed E-state index contributed by atoms with van der Waals surface area (Å²) in [5.41, 5.74) is -2.30. The molecule has 0 radical (unpaired) electrons. The molecule has 4 amide bonds. The van der Waals surface area contributed by atoms with Crippen LogP contribution in [0.25, 0.3) is 0 Å². The maximum absolute atomic E-state index is 11.9. The molecule has 3 saturated heterocycles. The van der Waals surface area contributed by atoms with Crippen molar-refractivity contribution in [2.24, 2.45) is 4.99 Å². The SMILES string of the molecule is CC(C)(C)OC(=O)N1CCC2(CC1)NC(=S)NC2=O.CC1=NC2(CCN(C(=O)OC(C)(C)C)CC2)C(=O)N1.CI. The van der Waals surface area contributed by atoms with Gasteiger partial charge < -0.3 is 35.2 Å². The molecule has 0 aliphatic carbocycles. The van der Waals surface area contributed by atoms with E-state index < -0.39 is 22.3 Å². The van der Waals surface area contributed by atoms with E-state index in [0.29, 0.717) is 62.8 Å². The lowest BCUT2D eigenvalue weighted by molar-refractivity contribution is -0.126. The summed E-state index contributed by atoms with van der Waals surface area (Å²) >= 11 is 7.10. The predicted octanol–water partition coefficient (Wildman–Crippen LogP) is 3.12. The molecule has 4 aliphatic rings. The normalized spacial score (nSPS) is 21.2. The molecule has 226 valence electrons. The van der Waals surface area contributed by atoms with Crippen LogP contribution in [0.5, 0.6) is 0 Å². The number of amides is 4. The lowest BCUT2D eigenvalue weighted by atomic mass is 9.88. The Labute approximate surface area is 255 Å². The van der Waals surface area contributed by atoms with E-state index in [1.54, 1.807) is 16.7 Å². The minimum absolute atomic E-state index is 0.0474. The third-order valence-corrected chi connectivity index (χ3v) is 6.83. The van der Waals surface area contributed by atoms with Gasteiger partial charge in [-0.25, -0.2) is 9.59 Å². The molecular weight excluding hydrogens is 651 g/mol. The van der Waals surface area contributed by atoms with Gasteiger partial charge in [-0.15, -0.1) is 0 Å². The third-order valence-electron chi connectivity index (χ3n) is 6.62. The van der Waals surface area contributed by atoms with Crippen LogP contribution in [0.4, 0.5) is 9.59 Å². The number of nitrogens with one attached hydrogen (secondary N) is 3. The largest absolute Gasteiger partial charge is 0.444 e. The molecule has 14 heteroatoms. The number of halogens is 1. The second-order valence-corrected chi connectivity index (χ2v) is 12.5. The van der Waals surface area contributed by atoms with Gasteiger partial charge in [-0.05, 0) is 91.3 Å². The topological polar surface area (TPSA) is 142 Å². The fourth-order valence-corrected chi connectivity index (χ4v) is 4.97. The first-order chi connectivity index (χ1) is 18.4. The second-order valence-electron chi connectivity index (χ2n) is 12.1. The number of carbonyl (C=O) groups excluding carboxylic acids is 4. The number of aliphatic imine (C=N–C) groups is 1. The van der Waals surface area contributed by atoms with Crippen LogP contribution in [0, 0.1) is 0 Å². The Kier molecular flexibility index (Phi) is 11.2. The van der Waals surface area contributed by atoms with Gasteiger partial charge in [-0.2, -0.15) is 0 Å². The van der Waals surface area contributed by atoms with Crippen LogP contribution in [-0.4, -0.2) is 98.1 Å². The van der Waals surface area contributed by atoms with Gasteiger partial charge in [-0.1, -0.05) is 22.6 Å². The lowest BCUT2D eigenvalue weighted by Crippen LogP contribution is -2.56. The molecule has 4 heterocycles. The maximum atomic E-state index is 11.9. The van der Waals surface area contributed by atoms with Gasteiger partial charge in [0.05, 0.1) is 0 Å². The van der Waals surface area contributed by atoms with Crippen molar-refractivity contribution >= 4 is 69.8 Å². The van der Waals surface area contributed by atoms with Gasteiger partial charge in [0.1, 0.15) is 28.1 Å². The van der Waals surface area contributed by atoms with Gasteiger partial charge >= 0.3 is 12.2 Å². The van der Waals surface area contributed by atoms with Gasteiger partial charge in [0.2, 0.25) is 0 Å². The predicted molar refractivity (Wildman–Crippen MR) is 165 cm³/mol. The standard InChI is InChI=1S/C13H21N3O3.C12H19N3O3S.CH3I/c1-9-14-10(17)13(15-9)5-7-16(8-6-13)11(18)19-12(2,3)4;1-11(2,3)18-10(17)15-6-4-12(5-7-15)8(16)13-9(19)14-12;1-2/h5-8H2,1-4H3,(H,14,15,17);4-7H2,1-3H3,(H2,13,14,16,19);1H3. The smallest absolute Gasteiger partial charge is 0.410 e.